The first kappa shape index (κ1) is 9.46. The first-order valence-electron chi connectivity index (χ1n) is 4.59. The van der Waals surface area contributed by atoms with Gasteiger partial charge in [-0.25, -0.2) is 4.98 Å². The van der Waals surface area contributed by atoms with Gasteiger partial charge in [-0.15, -0.1) is 0 Å². The van der Waals surface area contributed by atoms with Crippen LogP contribution in [0, 0.1) is 5.92 Å². The second kappa shape index (κ2) is 3.96. The van der Waals surface area contributed by atoms with Gasteiger partial charge in [-0.05, 0) is 25.0 Å². The molecule has 0 N–H and O–H groups in total. The normalized spacial score (nSPS) is 16.1. The van der Waals surface area contributed by atoms with Gasteiger partial charge < -0.3 is 4.74 Å². The number of nitrogens with zero attached hydrogens (tertiary/aromatic N) is 1. The minimum Gasteiger partial charge on any atom is -0.425 e. The van der Waals surface area contributed by atoms with Crippen molar-refractivity contribution in [1.82, 2.24) is 4.98 Å². The molecule has 1 fully saturated rings. The fourth-order valence-corrected chi connectivity index (χ4v) is 1.38. The number of aromatic nitrogens is 1. The molecule has 0 aromatic carbocycles. The van der Waals surface area contributed by atoms with Crippen LogP contribution in [0.25, 0.3) is 0 Å². The number of esters is 1. The molecule has 0 spiro atoms. The first-order valence-corrected chi connectivity index (χ1v) is 4.97. The maximum atomic E-state index is 11.4. The summed E-state index contributed by atoms with van der Waals surface area (Å²) in [5.41, 5.74) is 0. The van der Waals surface area contributed by atoms with Crippen molar-refractivity contribution in [2.45, 2.75) is 19.3 Å². The number of carbonyl (C=O) groups excluding carboxylic acids is 1. The Bertz CT molecular complexity index is 332. The van der Waals surface area contributed by atoms with E-state index in [2.05, 4.69) is 4.98 Å². The van der Waals surface area contributed by atoms with Crippen molar-refractivity contribution in [3.8, 4) is 5.75 Å². The molecule has 1 saturated carbocycles. The lowest BCUT2D eigenvalue weighted by atomic mass is 9.86. The summed E-state index contributed by atoms with van der Waals surface area (Å²) in [5, 5.41) is 0.397. The molecule has 0 aliphatic heterocycles. The number of pyridine rings is 1. The van der Waals surface area contributed by atoms with E-state index in [4.69, 9.17) is 16.3 Å². The molecule has 0 saturated heterocycles. The Morgan fingerprint density at radius 1 is 1.50 bits per heavy atom. The summed E-state index contributed by atoms with van der Waals surface area (Å²) in [6, 6.07) is 3.25. The van der Waals surface area contributed by atoms with E-state index in [1.807, 2.05) is 0 Å². The van der Waals surface area contributed by atoms with E-state index >= 15 is 0 Å². The van der Waals surface area contributed by atoms with Gasteiger partial charge in [-0.3, -0.25) is 4.79 Å². The predicted octanol–water partition coefficient (Wildman–Crippen LogP) is 2.44. The quantitative estimate of drug-likeness (QED) is 0.557. The van der Waals surface area contributed by atoms with Crippen LogP contribution >= 0.6 is 11.6 Å². The van der Waals surface area contributed by atoms with E-state index in [1.54, 1.807) is 12.1 Å². The molecule has 0 bridgehead atoms. The summed E-state index contributed by atoms with van der Waals surface area (Å²) in [5.74, 6) is 0.400. The molecule has 0 unspecified atom stereocenters. The Kier molecular flexibility index (Phi) is 2.68. The van der Waals surface area contributed by atoms with Crippen LogP contribution in [0.1, 0.15) is 19.3 Å². The summed E-state index contributed by atoms with van der Waals surface area (Å²) in [6.07, 6.45) is 4.47. The van der Waals surface area contributed by atoms with Gasteiger partial charge in [-0.2, -0.15) is 0 Å². The zero-order valence-corrected chi connectivity index (χ0v) is 8.33. The van der Waals surface area contributed by atoms with Gasteiger partial charge in [0, 0.05) is 0 Å². The molecule has 2 rings (SSSR count). The topological polar surface area (TPSA) is 39.2 Å². The average molecular weight is 212 g/mol. The Labute approximate surface area is 87.0 Å². The van der Waals surface area contributed by atoms with Gasteiger partial charge in [0.1, 0.15) is 10.9 Å². The van der Waals surface area contributed by atoms with Crippen molar-refractivity contribution in [3.05, 3.63) is 23.5 Å². The lowest BCUT2D eigenvalue weighted by molar-refractivity contribution is -0.141. The molecular weight excluding hydrogens is 202 g/mol. The van der Waals surface area contributed by atoms with Crippen molar-refractivity contribution in [1.29, 1.82) is 0 Å². The molecule has 14 heavy (non-hydrogen) atoms. The smallest absolute Gasteiger partial charge is 0.314 e. The van der Waals surface area contributed by atoms with E-state index in [-0.39, 0.29) is 11.9 Å². The molecular formula is C10H10ClNO2. The molecule has 0 atom stereocenters. The van der Waals surface area contributed by atoms with Crippen LogP contribution in [0.2, 0.25) is 5.15 Å². The van der Waals surface area contributed by atoms with Crippen LogP contribution in [0.3, 0.4) is 0 Å². The zero-order chi connectivity index (χ0) is 9.97. The van der Waals surface area contributed by atoms with Gasteiger partial charge in [0.2, 0.25) is 0 Å². The highest BCUT2D eigenvalue weighted by Crippen LogP contribution is 2.28. The van der Waals surface area contributed by atoms with E-state index in [1.165, 1.54) is 6.20 Å². The molecule has 0 amide bonds. The molecule has 0 radical (unpaired) electrons. The minimum absolute atomic E-state index is 0.0886. The van der Waals surface area contributed by atoms with Gasteiger partial charge in [-0.1, -0.05) is 18.0 Å². The maximum absolute atomic E-state index is 11.4. The van der Waals surface area contributed by atoms with Crippen molar-refractivity contribution in [2.24, 2.45) is 5.92 Å². The molecule has 3 nitrogen and oxygen atoms in total. The fraction of sp³-hybridized carbons (Fsp3) is 0.400. The highest BCUT2D eigenvalue weighted by atomic mass is 35.5. The summed E-state index contributed by atoms with van der Waals surface area (Å²) in [6.45, 7) is 0. The Hall–Kier alpha value is -1.09. The molecule has 1 aliphatic rings. The summed E-state index contributed by atoms with van der Waals surface area (Å²) >= 11 is 5.60. The standard InChI is InChI=1S/C10H10ClNO2/c11-9-5-4-8(6-12-9)14-10(13)7-2-1-3-7/h4-7H,1-3H2. The molecule has 1 aliphatic carbocycles. The summed E-state index contributed by atoms with van der Waals surface area (Å²) in [4.78, 5) is 15.2. The largest absolute Gasteiger partial charge is 0.425 e. The third-order valence-electron chi connectivity index (χ3n) is 2.36. The number of rotatable bonds is 2. The van der Waals surface area contributed by atoms with Gasteiger partial charge in [0.15, 0.2) is 0 Å². The zero-order valence-electron chi connectivity index (χ0n) is 7.57. The van der Waals surface area contributed by atoms with Crippen LogP contribution in [0.5, 0.6) is 5.75 Å². The van der Waals surface area contributed by atoms with Crippen molar-refractivity contribution < 1.29 is 9.53 Å². The maximum Gasteiger partial charge on any atom is 0.314 e. The number of carbonyl (C=O) groups is 1. The SMILES string of the molecule is O=C(Oc1ccc(Cl)nc1)C1CCC1. The highest BCUT2D eigenvalue weighted by Gasteiger charge is 2.27. The third kappa shape index (κ3) is 2.04. The molecule has 1 aromatic rings. The lowest BCUT2D eigenvalue weighted by Gasteiger charge is -2.22. The lowest BCUT2D eigenvalue weighted by Crippen LogP contribution is -2.26. The minimum atomic E-state index is -0.152. The molecule has 74 valence electrons. The van der Waals surface area contributed by atoms with Gasteiger partial charge >= 0.3 is 5.97 Å². The summed E-state index contributed by atoms with van der Waals surface area (Å²) in [7, 11) is 0. The van der Waals surface area contributed by atoms with Crippen molar-refractivity contribution >= 4 is 17.6 Å². The Morgan fingerprint density at radius 3 is 2.79 bits per heavy atom. The summed E-state index contributed by atoms with van der Waals surface area (Å²) < 4.78 is 5.11. The van der Waals surface area contributed by atoms with Gasteiger partial charge in [0.05, 0.1) is 12.1 Å². The highest BCUT2D eigenvalue weighted by molar-refractivity contribution is 6.29. The fourth-order valence-electron chi connectivity index (χ4n) is 1.27. The average Bonchev–Trinajstić information content (AvgIpc) is 2.06. The van der Waals surface area contributed by atoms with Crippen LogP contribution in [0.4, 0.5) is 0 Å². The second-order valence-electron chi connectivity index (χ2n) is 3.37. The Morgan fingerprint density at radius 2 is 2.29 bits per heavy atom. The molecule has 1 heterocycles. The first-order chi connectivity index (χ1) is 6.75. The number of halogens is 1. The molecule has 1 aromatic heterocycles. The van der Waals surface area contributed by atoms with Gasteiger partial charge in [0.25, 0.3) is 0 Å². The van der Waals surface area contributed by atoms with Crippen molar-refractivity contribution in [2.75, 3.05) is 0 Å². The second-order valence-corrected chi connectivity index (χ2v) is 3.75. The van der Waals surface area contributed by atoms with Crippen LogP contribution in [-0.4, -0.2) is 11.0 Å². The molecule has 4 heteroatoms. The third-order valence-corrected chi connectivity index (χ3v) is 2.58. The predicted molar refractivity (Wildman–Crippen MR) is 52.2 cm³/mol. The van der Waals surface area contributed by atoms with Crippen LogP contribution < -0.4 is 4.74 Å². The monoisotopic (exact) mass is 211 g/mol. The van der Waals surface area contributed by atoms with E-state index in [0.29, 0.717) is 10.9 Å². The van der Waals surface area contributed by atoms with Crippen LogP contribution in [0.15, 0.2) is 18.3 Å². The van der Waals surface area contributed by atoms with Crippen LogP contribution in [-0.2, 0) is 4.79 Å². The van der Waals surface area contributed by atoms with E-state index < -0.39 is 0 Å². The Balaban J connectivity index is 1.96. The van der Waals surface area contributed by atoms with E-state index in [0.717, 1.165) is 19.3 Å². The number of hydrogen-bond donors (Lipinski definition) is 0. The number of hydrogen-bond acceptors (Lipinski definition) is 3. The van der Waals surface area contributed by atoms with Crippen molar-refractivity contribution in [3.63, 3.8) is 0 Å². The number of ether oxygens (including phenoxy) is 1. The van der Waals surface area contributed by atoms with E-state index in [9.17, 15) is 4.79 Å².